The van der Waals surface area contributed by atoms with Crippen LogP contribution in [0.25, 0.3) is 5.82 Å². The minimum absolute atomic E-state index is 0.373. The summed E-state index contributed by atoms with van der Waals surface area (Å²) in [6, 6.07) is 15.0. The van der Waals surface area contributed by atoms with Crippen molar-refractivity contribution in [2.45, 2.75) is 25.8 Å². The number of anilines is 1. The molecule has 0 radical (unpaired) electrons. The van der Waals surface area contributed by atoms with Crippen LogP contribution in [0.1, 0.15) is 29.3 Å². The molecule has 1 aromatic carbocycles. The third-order valence-corrected chi connectivity index (χ3v) is 4.52. The molecule has 0 saturated carbocycles. The van der Waals surface area contributed by atoms with Gasteiger partial charge in [0.1, 0.15) is 0 Å². The maximum Gasteiger partial charge on any atom is 0.175 e. The second-order valence-electron chi connectivity index (χ2n) is 6.02. The molecule has 0 saturated heterocycles. The Kier molecular flexibility index (Phi) is 3.33. The zero-order valence-corrected chi connectivity index (χ0v) is 13.3. The Morgan fingerprint density at radius 3 is 2.70 bits per heavy atom. The van der Waals surface area contributed by atoms with E-state index in [2.05, 4.69) is 51.5 Å². The molecule has 3 aromatic rings. The first kappa shape index (κ1) is 13.9. The van der Waals surface area contributed by atoms with Crippen LogP contribution in [-0.2, 0) is 6.42 Å². The fraction of sp³-hybridized carbons (Fsp3) is 0.278. The fourth-order valence-corrected chi connectivity index (χ4v) is 3.27. The Morgan fingerprint density at radius 1 is 1.09 bits per heavy atom. The van der Waals surface area contributed by atoms with Gasteiger partial charge in [-0.3, -0.25) is 0 Å². The molecule has 1 atom stereocenters. The molecule has 0 N–H and O–H groups in total. The average molecular weight is 305 g/mol. The SMILES string of the molecule is Cc1ccn(-c2ccc(N(C)C3CCc4ccccc43)nn2)n1. The maximum absolute atomic E-state index is 4.40. The number of aryl methyl sites for hydroxylation is 2. The van der Waals surface area contributed by atoms with Crippen LogP contribution in [-0.4, -0.2) is 27.0 Å². The number of nitrogens with zero attached hydrogens (tertiary/aromatic N) is 5. The van der Waals surface area contributed by atoms with Crippen molar-refractivity contribution in [2.75, 3.05) is 11.9 Å². The van der Waals surface area contributed by atoms with Crippen LogP contribution in [0.3, 0.4) is 0 Å². The van der Waals surface area contributed by atoms with Gasteiger partial charge < -0.3 is 4.90 Å². The molecule has 0 bridgehead atoms. The summed E-state index contributed by atoms with van der Waals surface area (Å²) in [6.45, 7) is 1.96. The lowest BCUT2D eigenvalue weighted by Gasteiger charge is -2.26. The van der Waals surface area contributed by atoms with Crippen molar-refractivity contribution in [2.24, 2.45) is 0 Å². The van der Waals surface area contributed by atoms with E-state index in [4.69, 9.17) is 0 Å². The minimum Gasteiger partial charge on any atom is -0.351 e. The Labute approximate surface area is 135 Å². The van der Waals surface area contributed by atoms with E-state index in [1.54, 1.807) is 4.68 Å². The lowest BCUT2D eigenvalue weighted by molar-refractivity contribution is 0.649. The topological polar surface area (TPSA) is 46.8 Å². The quantitative estimate of drug-likeness (QED) is 0.746. The molecule has 23 heavy (non-hydrogen) atoms. The molecule has 0 amide bonds. The molecule has 1 aliphatic carbocycles. The first-order valence-electron chi connectivity index (χ1n) is 7.89. The summed E-state index contributed by atoms with van der Waals surface area (Å²) in [7, 11) is 2.09. The zero-order chi connectivity index (χ0) is 15.8. The van der Waals surface area contributed by atoms with Crippen molar-refractivity contribution in [3.05, 3.63) is 65.5 Å². The number of benzene rings is 1. The van der Waals surface area contributed by atoms with Crippen molar-refractivity contribution < 1.29 is 0 Å². The van der Waals surface area contributed by atoms with Gasteiger partial charge in [-0.05, 0) is 49.1 Å². The third kappa shape index (κ3) is 2.48. The van der Waals surface area contributed by atoms with Gasteiger partial charge in [-0.2, -0.15) is 5.10 Å². The van der Waals surface area contributed by atoms with Crippen molar-refractivity contribution in [1.29, 1.82) is 0 Å². The molecular formula is C18H19N5. The number of hydrogen-bond acceptors (Lipinski definition) is 4. The van der Waals surface area contributed by atoms with Crippen molar-refractivity contribution >= 4 is 5.82 Å². The first-order chi connectivity index (χ1) is 11.2. The molecule has 116 valence electrons. The molecule has 5 nitrogen and oxygen atoms in total. The fourth-order valence-electron chi connectivity index (χ4n) is 3.27. The van der Waals surface area contributed by atoms with E-state index in [1.807, 2.05) is 31.3 Å². The van der Waals surface area contributed by atoms with E-state index in [0.717, 1.165) is 30.2 Å². The Bertz CT molecular complexity index is 821. The van der Waals surface area contributed by atoms with Gasteiger partial charge in [0.25, 0.3) is 0 Å². The normalized spacial score (nSPS) is 16.3. The van der Waals surface area contributed by atoms with E-state index in [1.165, 1.54) is 11.1 Å². The third-order valence-electron chi connectivity index (χ3n) is 4.52. The lowest BCUT2D eigenvalue weighted by Crippen LogP contribution is -2.23. The summed E-state index contributed by atoms with van der Waals surface area (Å²) in [4.78, 5) is 2.22. The standard InChI is InChI=1S/C18H19N5/c1-13-11-12-23(21-13)18-10-9-17(19-20-18)22(2)16-8-7-14-5-3-4-6-15(14)16/h3-6,9-12,16H,7-8H2,1-2H3. The highest BCUT2D eigenvalue weighted by Crippen LogP contribution is 2.36. The number of fused-ring (bicyclic) bond motifs is 1. The second-order valence-corrected chi connectivity index (χ2v) is 6.02. The summed E-state index contributed by atoms with van der Waals surface area (Å²) >= 11 is 0. The van der Waals surface area contributed by atoms with E-state index in [9.17, 15) is 0 Å². The summed E-state index contributed by atoms with van der Waals surface area (Å²) in [6.07, 6.45) is 4.15. The minimum atomic E-state index is 0.373. The van der Waals surface area contributed by atoms with Gasteiger partial charge in [0.15, 0.2) is 11.6 Å². The maximum atomic E-state index is 4.40. The van der Waals surface area contributed by atoms with Crippen LogP contribution in [0.5, 0.6) is 0 Å². The van der Waals surface area contributed by atoms with Crippen molar-refractivity contribution in [3.63, 3.8) is 0 Å². The molecule has 5 heteroatoms. The molecule has 0 fully saturated rings. The van der Waals surface area contributed by atoms with Gasteiger partial charge in [0.05, 0.1) is 11.7 Å². The van der Waals surface area contributed by atoms with Crippen LogP contribution in [0, 0.1) is 6.92 Å². The summed E-state index contributed by atoms with van der Waals surface area (Å²) in [5, 5.41) is 13.1. The molecule has 0 aliphatic heterocycles. The molecule has 0 spiro atoms. The van der Waals surface area contributed by atoms with Gasteiger partial charge in [0, 0.05) is 13.2 Å². The number of aromatic nitrogens is 4. The van der Waals surface area contributed by atoms with Crippen LogP contribution in [0.2, 0.25) is 0 Å². The molecule has 2 heterocycles. The highest BCUT2D eigenvalue weighted by Gasteiger charge is 2.26. The highest BCUT2D eigenvalue weighted by atomic mass is 15.4. The Hall–Kier alpha value is -2.69. The molecule has 4 rings (SSSR count). The lowest BCUT2D eigenvalue weighted by atomic mass is 10.1. The van der Waals surface area contributed by atoms with Gasteiger partial charge in [0.2, 0.25) is 0 Å². The number of rotatable bonds is 3. The average Bonchev–Trinajstić information content (AvgIpc) is 3.21. The molecule has 1 aliphatic rings. The van der Waals surface area contributed by atoms with Gasteiger partial charge in [-0.1, -0.05) is 24.3 Å². The predicted octanol–water partition coefficient (Wildman–Crippen LogP) is 3.09. The first-order valence-corrected chi connectivity index (χ1v) is 7.89. The zero-order valence-electron chi connectivity index (χ0n) is 13.3. The summed E-state index contributed by atoms with van der Waals surface area (Å²) in [5.41, 5.74) is 3.82. The molecular weight excluding hydrogens is 286 g/mol. The Morgan fingerprint density at radius 2 is 1.96 bits per heavy atom. The number of hydrogen-bond donors (Lipinski definition) is 0. The highest BCUT2D eigenvalue weighted by molar-refractivity contribution is 5.46. The summed E-state index contributed by atoms with van der Waals surface area (Å²) in [5.74, 6) is 1.63. The van der Waals surface area contributed by atoms with Gasteiger partial charge in [-0.15, -0.1) is 10.2 Å². The smallest absolute Gasteiger partial charge is 0.175 e. The van der Waals surface area contributed by atoms with E-state index in [-0.39, 0.29) is 0 Å². The predicted molar refractivity (Wildman–Crippen MR) is 89.8 cm³/mol. The second kappa shape index (κ2) is 5.50. The molecule has 1 unspecified atom stereocenters. The van der Waals surface area contributed by atoms with E-state index in [0.29, 0.717) is 6.04 Å². The molecule has 2 aromatic heterocycles. The van der Waals surface area contributed by atoms with Crippen LogP contribution in [0.15, 0.2) is 48.7 Å². The summed E-state index contributed by atoms with van der Waals surface area (Å²) < 4.78 is 1.75. The van der Waals surface area contributed by atoms with Gasteiger partial charge in [-0.25, -0.2) is 4.68 Å². The largest absolute Gasteiger partial charge is 0.351 e. The van der Waals surface area contributed by atoms with Crippen LogP contribution in [0.4, 0.5) is 5.82 Å². The van der Waals surface area contributed by atoms with Crippen molar-refractivity contribution in [3.8, 4) is 5.82 Å². The van der Waals surface area contributed by atoms with Crippen molar-refractivity contribution in [1.82, 2.24) is 20.0 Å². The van der Waals surface area contributed by atoms with E-state index >= 15 is 0 Å². The van der Waals surface area contributed by atoms with Crippen LogP contribution < -0.4 is 4.90 Å². The Balaban J connectivity index is 1.59. The monoisotopic (exact) mass is 305 g/mol. The van der Waals surface area contributed by atoms with Crippen LogP contribution >= 0.6 is 0 Å². The van der Waals surface area contributed by atoms with E-state index < -0.39 is 0 Å². The van der Waals surface area contributed by atoms with Gasteiger partial charge >= 0.3 is 0 Å².